The number of nitrogens with zero attached hydrogens (tertiary/aromatic N) is 3. The second-order valence-electron chi connectivity index (χ2n) is 5.32. The van der Waals surface area contributed by atoms with Crippen molar-refractivity contribution in [3.63, 3.8) is 0 Å². The maximum absolute atomic E-state index is 8.86. The van der Waals surface area contributed by atoms with E-state index in [-0.39, 0.29) is 6.61 Å². The molecule has 0 saturated heterocycles. The van der Waals surface area contributed by atoms with Gasteiger partial charge in [0.25, 0.3) is 0 Å². The van der Waals surface area contributed by atoms with Crippen molar-refractivity contribution in [1.29, 1.82) is 0 Å². The Balaban J connectivity index is 1.84. The summed E-state index contributed by atoms with van der Waals surface area (Å²) >= 11 is 0. The fraction of sp³-hybridized carbons (Fsp3) is 0.769. The van der Waals surface area contributed by atoms with Crippen molar-refractivity contribution < 1.29 is 5.11 Å². The summed E-state index contributed by atoms with van der Waals surface area (Å²) in [5.74, 6) is 0. The van der Waals surface area contributed by atoms with Crippen molar-refractivity contribution in [3.8, 4) is 0 Å². The molecule has 18 heavy (non-hydrogen) atoms. The van der Waals surface area contributed by atoms with Gasteiger partial charge in [-0.2, -0.15) is 5.10 Å². The van der Waals surface area contributed by atoms with Crippen LogP contribution in [-0.4, -0.2) is 45.5 Å². The molecule has 0 unspecified atom stereocenters. The highest BCUT2D eigenvalue weighted by molar-refractivity contribution is 5.04. The minimum Gasteiger partial charge on any atom is -0.394 e. The van der Waals surface area contributed by atoms with Gasteiger partial charge < -0.3 is 10.8 Å². The lowest BCUT2D eigenvalue weighted by Crippen LogP contribution is -2.38. The highest BCUT2D eigenvalue weighted by atomic mass is 16.3. The number of aliphatic hydroxyl groups excluding tert-OH is 1. The van der Waals surface area contributed by atoms with E-state index in [1.807, 2.05) is 12.4 Å². The molecular formula is C13H24N4O. The van der Waals surface area contributed by atoms with Gasteiger partial charge in [0.2, 0.25) is 0 Å². The molecule has 1 aromatic rings. The average Bonchev–Trinajstić information content (AvgIpc) is 2.78. The Morgan fingerprint density at radius 2 is 2.17 bits per heavy atom. The first-order valence-electron chi connectivity index (χ1n) is 6.77. The van der Waals surface area contributed by atoms with E-state index >= 15 is 0 Å². The summed E-state index contributed by atoms with van der Waals surface area (Å²) in [6.45, 7) is 1.63. The molecule has 1 saturated carbocycles. The van der Waals surface area contributed by atoms with E-state index in [2.05, 4.69) is 17.0 Å². The lowest BCUT2D eigenvalue weighted by atomic mass is 9.91. The van der Waals surface area contributed by atoms with Crippen LogP contribution in [-0.2, 0) is 13.1 Å². The number of hydrogen-bond donors (Lipinski definition) is 2. The van der Waals surface area contributed by atoms with Gasteiger partial charge >= 0.3 is 0 Å². The van der Waals surface area contributed by atoms with Gasteiger partial charge in [-0.25, -0.2) is 0 Å². The first kappa shape index (κ1) is 13.5. The number of rotatable bonds is 5. The largest absolute Gasteiger partial charge is 0.394 e. The molecule has 0 radical (unpaired) electrons. The van der Waals surface area contributed by atoms with Crippen molar-refractivity contribution in [2.24, 2.45) is 5.73 Å². The van der Waals surface area contributed by atoms with Crippen LogP contribution in [0.5, 0.6) is 0 Å². The third-order valence-corrected chi connectivity index (χ3v) is 3.81. The fourth-order valence-electron chi connectivity index (χ4n) is 2.67. The zero-order valence-electron chi connectivity index (χ0n) is 11.1. The molecule has 5 nitrogen and oxygen atoms in total. The van der Waals surface area contributed by atoms with E-state index in [1.165, 1.54) is 18.4 Å². The molecule has 1 aliphatic rings. The van der Waals surface area contributed by atoms with Gasteiger partial charge in [0.05, 0.1) is 19.3 Å². The van der Waals surface area contributed by atoms with Crippen LogP contribution in [0.4, 0.5) is 0 Å². The van der Waals surface area contributed by atoms with Gasteiger partial charge in [0.15, 0.2) is 0 Å². The summed E-state index contributed by atoms with van der Waals surface area (Å²) in [7, 11) is 2.17. The highest BCUT2D eigenvalue weighted by Crippen LogP contribution is 2.22. The molecule has 1 heterocycles. The highest BCUT2D eigenvalue weighted by Gasteiger charge is 2.22. The van der Waals surface area contributed by atoms with E-state index in [9.17, 15) is 0 Å². The van der Waals surface area contributed by atoms with Crippen molar-refractivity contribution in [2.75, 3.05) is 13.7 Å². The van der Waals surface area contributed by atoms with E-state index < -0.39 is 0 Å². The molecular weight excluding hydrogens is 228 g/mol. The quantitative estimate of drug-likeness (QED) is 0.804. The first-order chi connectivity index (χ1) is 8.69. The van der Waals surface area contributed by atoms with E-state index in [4.69, 9.17) is 10.8 Å². The second-order valence-corrected chi connectivity index (χ2v) is 5.32. The Bertz CT molecular complexity index is 358. The van der Waals surface area contributed by atoms with Gasteiger partial charge in [0, 0.05) is 30.4 Å². The van der Waals surface area contributed by atoms with Crippen LogP contribution < -0.4 is 5.73 Å². The van der Waals surface area contributed by atoms with Gasteiger partial charge in [-0.3, -0.25) is 9.58 Å². The zero-order chi connectivity index (χ0) is 13.0. The Morgan fingerprint density at radius 1 is 1.44 bits per heavy atom. The molecule has 3 N–H and O–H groups in total. The van der Waals surface area contributed by atoms with E-state index in [1.54, 1.807) is 4.68 Å². The van der Waals surface area contributed by atoms with E-state index in [0.717, 1.165) is 19.4 Å². The number of aromatic nitrogens is 2. The topological polar surface area (TPSA) is 67.3 Å². The third kappa shape index (κ3) is 3.54. The summed E-state index contributed by atoms with van der Waals surface area (Å²) < 4.78 is 1.79. The Labute approximate surface area is 109 Å². The van der Waals surface area contributed by atoms with Crippen LogP contribution in [0.15, 0.2) is 12.4 Å². The first-order valence-corrected chi connectivity index (χ1v) is 6.77. The molecule has 1 aromatic heterocycles. The normalized spacial score (nSPS) is 24.7. The minimum absolute atomic E-state index is 0.136. The van der Waals surface area contributed by atoms with Gasteiger partial charge in [0.1, 0.15) is 0 Å². The monoisotopic (exact) mass is 252 g/mol. The SMILES string of the molecule is CN(Cc1cnn(CCO)c1)C1CCC(N)CC1. The Hall–Kier alpha value is -0.910. The number of nitrogens with two attached hydrogens (primary N) is 1. The van der Waals surface area contributed by atoms with Crippen LogP contribution in [0, 0.1) is 0 Å². The number of aliphatic hydroxyl groups is 1. The molecule has 5 heteroatoms. The molecule has 0 bridgehead atoms. The van der Waals surface area contributed by atoms with Crippen molar-refractivity contribution in [1.82, 2.24) is 14.7 Å². The molecule has 2 rings (SSSR count). The van der Waals surface area contributed by atoms with Crippen molar-refractivity contribution in [2.45, 2.75) is 50.9 Å². The Morgan fingerprint density at radius 3 is 2.83 bits per heavy atom. The number of hydrogen-bond acceptors (Lipinski definition) is 4. The molecule has 0 amide bonds. The standard InChI is InChI=1S/C13H24N4O/c1-16(13-4-2-12(14)3-5-13)9-11-8-15-17(10-11)6-7-18/h8,10,12-13,18H,2-7,9,14H2,1H3. The van der Waals surface area contributed by atoms with Gasteiger partial charge in [-0.1, -0.05) is 0 Å². The summed E-state index contributed by atoms with van der Waals surface area (Å²) in [4.78, 5) is 2.40. The van der Waals surface area contributed by atoms with E-state index in [0.29, 0.717) is 18.6 Å². The molecule has 0 atom stereocenters. The summed E-state index contributed by atoms with van der Waals surface area (Å²) in [5, 5.41) is 13.1. The van der Waals surface area contributed by atoms with Crippen LogP contribution in [0.1, 0.15) is 31.2 Å². The lowest BCUT2D eigenvalue weighted by molar-refractivity contribution is 0.176. The third-order valence-electron chi connectivity index (χ3n) is 3.81. The molecule has 0 aliphatic heterocycles. The van der Waals surface area contributed by atoms with Crippen LogP contribution in [0.25, 0.3) is 0 Å². The maximum Gasteiger partial charge on any atom is 0.0640 e. The minimum atomic E-state index is 0.136. The molecule has 102 valence electrons. The van der Waals surface area contributed by atoms with Gasteiger partial charge in [-0.05, 0) is 32.7 Å². The summed E-state index contributed by atoms with van der Waals surface area (Å²) in [5.41, 5.74) is 7.14. The van der Waals surface area contributed by atoms with Crippen LogP contribution in [0.3, 0.4) is 0 Å². The molecule has 0 aromatic carbocycles. The summed E-state index contributed by atoms with van der Waals surface area (Å²) in [6, 6.07) is 1.05. The zero-order valence-corrected chi connectivity index (χ0v) is 11.1. The smallest absolute Gasteiger partial charge is 0.0640 e. The van der Waals surface area contributed by atoms with Crippen molar-refractivity contribution >= 4 is 0 Å². The fourth-order valence-corrected chi connectivity index (χ4v) is 2.67. The average molecular weight is 252 g/mol. The van der Waals surface area contributed by atoms with Crippen LogP contribution >= 0.6 is 0 Å². The second kappa shape index (κ2) is 6.31. The van der Waals surface area contributed by atoms with Crippen molar-refractivity contribution in [3.05, 3.63) is 18.0 Å². The van der Waals surface area contributed by atoms with Gasteiger partial charge in [-0.15, -0.1) is 0 Å². The predicted octanol–water partition coefficient (Wildman–Crippen LogP) is 0.577. The molecule has 1 fully saturated rings. The Kier molecular flexibility index (Phi) is 4.74. The molecule has 1 aliphatic carbocycles. The maximum atomic E-state index is 8.86. The summed E-state index contributed by atoms with van der Waals surface area (Å²) in [6.07, 6.45) is 8.57. The predicted molar refractivity (Wildman–Crippen MR) is 71.0 cm³/mol. The molecule has 0 spiro atoms. The lowest BCUT2D eigenvalue weighted by Gasteiger charge is -2.33. The van der Waals surface area contributed by atoms with Crippen LogP contribution in [0.2, 0.25) is 0 Å².